The van der Waals surface area contributed by atoms with Gasteiger partial charge in [-0.05, 0) is 19.1 Å². The molecule has 0 spiro atoms. The number of aliphatic imine (C=N–C) groups is 1. The molecule has 0 unspecified atom stereocenters. The summed E-state index contributed by atoms with van der Waals surface area (Å²) in [6, 6.07) is 3.71. The fourth-order valence-electron chi connectivity index (χ4n) is 2.00. The maximum Gasteiger partial charge on any atom is 0.418 e. The van der Waals surface area contributed by atoms with E-state index in [-0.39, 0.29) is 17.3 Å². The van der Waals surface area contributed by atoms with Crippen LogP contribution in [0.1, 0.15) is 12.5 Å². The van der Waals surface area contributed by atoms with Gasteiger partial charge in [0, 0.05) is 6.54 Å². The van der Waals surface area contributed by atoms with Crippen LogP contribution in [0.15, 0.2) is 23.2 Å². The Morgan fingerprint density at radius 1 is 1.43 bits per heavy atom. The zero-order valence-electron chi connectivity index (χ0n) is 11.3. The first-order chi connectivity index (χ1) is 9.95. The molecule has 2 rings (SSSR count). The number of rotatable bonds is 2. The van der Waals surface area contributed by atoms with Gasteiger partial charge in [-0.2, -0.15) is 13.2 Å². The Hall–Kier alpha value is -1.87. The number of para-hydroxylation sites is 1. The van der Waals surface area contributed by atoms with Crippen LogP contribution in [0, 0.1) is 11.8 Å². The molecule has 1 heterocycles. The lowest BCUT2D eigenvalue weighted by atomic mass is 10.1. The Bertz CT molecular complexity index is 614. The SMILES string of the molecule is CC#CCN(C1=NCCN1)c1c(Cl)cccc1C(F)(F)F. The molecule has 0 atom stereocenters. The number of nitrogens with zero attached hydrogens (tertiary/aromatic N) is 2. The van der Waals surface area contributed by atoms with Crippen LogP contribution >= 0.6 is 11.6 Å². The van der Waals surface area contributed by atoms with Crippen molar-refractivity contribution in [2.45, 2.75) is 13.1 Å². The summed E-state index contributed by atoms with van der Waals surface area (Å²) < 4.78 is 39.6. The van der Waals surface area contributed by atoms with Crippen LogP contribution in [0.3, 0.4) is 0 Å². The molecule has 0 amide bonds. The Labute approximate surface area is 125 Å². The lowest BCUT2D eigenvalue weighted by Crippen LogP contribution is -2.40. The highest BCUT2D eigenvalue weighted by atomic mass is 35.5. The second-order valence-electron chi connectivity index (χ2n) is 4.28. The predicted octanol–water partition coefficient (Wildman–Crippen LogP) is 3.15. The summed E-state index contributed by atoms with van der Waals surface area (Å²) in [5.74, 6) is 5.79. The smallest absolute Gasteiger partial charge is 0.354 e. The fraction of sp³-hybridized carbons (Fsp3) is 0.357. The van der Waals surface area contributed by atoms with Gasteiger partial charge in [0.05, 0.1) is 29.4 Å². The van der Waals surface area contributed by atoms with Gasteiger partial charge in [-0.1, -0.05) is 23.6 Å². The summed E-state index contributed by atoms with van der Waals surface area (Å²) in [4.78, 5) is 5.54. The molecule has 0 saturated heterocycles. The van der Waals surface area contributed by atoms with Gasteiger partial charge in [-0.3, -0.25) is 9.89 Å². The molecule has 1 aliphatic heterocycles. The average Bonchev–Trinajstić information content (AvgIpc) is 2.93. The van der Waals surface area contributed by atoms with E-state index in [4.69, 9.17) is 11.6 Å². The lowest BCUT2D eigenvalue weighted by molar-refractivity contribution is -0.137. The minimum Gasteiger partial charge on any atom is -0.354 e. The van der Waals surface area contributed by atoms with Crippen LogP contribution in [0.5, 0.6) is 0 Å². The fourth-order valence-corrected chi connectivity index (χ4v) is 2.28. The van der Waals surface area contributed by atoms with E-state index < -0.39 is 11.7 Å². The first-order valence-electron chi connectivity index (χ1n) is 6.26. The molecule has 1 aromatic rings. The quantitative estimate of drug-likeness (QED) is 0.849. The molecule has 3 nitrogen and oxygen atoms in total. The number of hydrogen-bond donors (Lipinski definition) is 1. The van der Waals surface area contributed by atoms with Gasteiger partial charge < -0.3 is 5.32 Å². The third-order valence-corrected chi connectivity index (χ3v) is 3.19. The first-order valence-corrected chi connectivity index (χ1v) is 6.64. The number of guanidine groups is 1. The maximum atomic E-state index is 13.2. The van der Waals surface area contributed by atoms with Crippen molar-refractivity contribution in [3.63, 3.8) is 0 Å². The number of alkyl halides is 3. The van der Waals surface area contributed by atoms with Crippen molar-refractivity contribution in [2.24, 2.45) is 4.99 Å². The van der Waals surface area contributed by atoms with E-state index in [0.717, 1.165) is 6.07 Å². The zero-order chi connectivity index (χ0) is 15.5. The molecule has 0 fully saturated rings. The molecule has 0 aliphatic carbocycles. The molecule has 1 aromatic carbocycles. The third-order valence-electron chi connectivity index (χ3n) is 2.89. The molecular weight excluding hydrogens is 303 g/mol. The van der Waals surface area contributed by atoms with Crippen LogP contribution in [0.25, 0.3) is 0 Å². The summed E-state index contributed by atoms with van der Waals surface area (Å²) in [6.45, 7) is 2.79. The van der Waals surface area contributed by atoms with Crippen molar-refractivity contribution in [1.29, 1.82) is 0 Å². The second kappa shape index (κ2) is 6.27. The highest BCUT2D eigenvalue weighted by Gasteiger charge is 2.37. The standard InChI is InChI=1S/C14H13ClF3N3/c1-2-3-9-21(13-19-7-8-20-13)12-10(14(16,17)18)5-4-6-11(12)15/h4-6H,7-9H2,1H3,(H,19,20). The van der Waals surface area contributed by atoms with E-state index in [1.807, 2.05) is 0 Å². The molecular formula is C14H13ClF3N3. The highest BCUT2D eigenvalue weighted by molar-refractivity contribution is 6.34. The van der Waals surface area contributed by atoms with Crippen LogP contribution in [0.2, 0.25) is 5.02 Å². The number of hydrogen-bond acceptors (Lipinski definition) is 3. The number of anilines is 1. The molecule has 21 heavy (non-hydrogen) atoms. The highest BCUT2D eigenvalue weighted by Crippen LogP contribution is 2.40. The minimum absolute atomic E-state index is 0.0131. The number of nitrogens with one attached hydrogen (secondary N) is 1. The molecule has 1 aliphatic rings. The Kier molecular flexibility index (Phi) is 4.63. The zero-order valence-corrected chi connectivity index (χ0v) is 12.0. The van der Waals surface area contributed by atoms with E-state index in [2.05, 4.69) is 22.2 Å². The average molecular weight is 316 g/mol. The van der Waals surface area contributed by atoms with Crippen molar-refractivity contribution >= 4 is 23.2 Å². The summed E-state index contributed by atoms with van der Waals surface area (Å²) in [5, 5.41) is 2.97. The second-order valence-corrected chi connectivity index (χ2v) is 4.69. The summed E-state index contributed by atoms with van der Waals surface area (Å²) in [7, 11) is 0. The van der Waals surface area contributed by atoms with Crippen molar-refractivity contribution in [3.8, 4) is 11.8 Å². The van der Waals surface area contributed by atoms with E-state index >= 15 is 0 Å². The Morgan fingerprint density at radius 2 is 2.19 bits per heavy atom. The van der Waals surface area contributed by atoms with E-state index in [9.17, 15) is 13.2 Å². The van der Waals surface area contributed by atoms with Crippen LogP contribution in [0.4, 0.5) is 18.9 Å². The topological polar surface area (TPSA) is 27.6 Å². The normalized spacial score (nSPS) is 14.0. The lowest BCUT2D eigenvalue weighted by Gasteiger charge is -2.26. The summed E-state index contributed by atoms with van der Waals surface area (Å²) in [6.07, 6.45) is -4.50. The molecule has 1 N–H and O–H groups in total. The van der Waals surface area contributed by atoms with Gasteiger partial charge >= 0.3 is 6.18 Å². The molecule has 7 heteroatoms. The van der Waals surface area contributed by atoms with Crippen molar-refractivity contribution in [1.82, 2.24) is 5.32 Å². The monoisotopic (exact) mass is 315 g/mol. The largest absolute Gasteiger partial charge is 0.418 e. The van der Waals surface area contributed by atoms with Crippen LogP contribution in [-0.4, -0.2) is 25.6 Å². The van der Waals surface area contributed by atoms with E-state index in [0.29, 0.717) is 19.0 Å². The molecule has 112 valence electrons. The van der Waals surface area contributed by atoms with Gasteiger partial charge in [0.15, 0.2) is 5.96 Å². The number of benzene rings is 1. The first kappa shape index (κ1) is 15.5. The Balaban J connectivity index is 2.55. The molecule has 0 aromatic heterocycles. The van der Waals surface area contributed by atoms with Crippen LogP contribution in [-0.2, 0) is 6.18 Å². The summed E-state index contributed by atoms with van der Waals surface area (Å²) in [5.41, 5.74) is -0.924. The van der Waals surface area contributed by atoms with Crippen molar-refractivity contribution in [3.05, 3.63) is 28.8 Å². The molecule has 0 bridgehead atoms. The van der Waals surface area contributed by atoms with Gasteiger partial charge in [0.25, 0.3) is 0 Å². The maximum absolute atomic E-state index is 13.2. The Morgan fingerprint density at radius 3 is 2.76 bits per heavy atom. The van der Waals surface area contributed by atoms with E-state index in [1.54, 1.807) is 6.92 Å². The summed E-state index contributed by atoms with van der Waals surface area (Å²) >= 11 is 6.01. The molecule has 0 saturated carbocycles. The third kappa shape index (κ3) is 3.42. The predicted molar refractivity (Wildman–Crippen MR) is 77.6 cm³/mol. The molecule has 0 radical (unpaired) electrons. The van der Waals surface area contributed by atoms with Crippen molar-refractivity contribution < 1.29 is 13.2 Å². The van der Waals surface area contributed by atoms with Gasteiger partial charge in [-0.25, -0.2) is 0 Å². The minimum atomic E-state index is -4.50. The van der Waals surface area contributed by atoms with Gasteiger partial charge in [0.2, 0.25) is 0 Å². The van der Waals surface area contributed by atoms with Crippen molar-refractivity contribution in [2.75, 3.05) is 24.5 Å². The van der Waals surface area contributed by atoms with Gasteiger partial charge in [0.1, 0.15) is 0 Å². The number of halogens is 4. The van der Waals surface area contributed by atoms with Crippen LogP contribution < -0.4 is 10.2 Å². The van der Waals surface area contributed by atoms with E-state index in [1.165, 1.54) is 17.0 Å². The van der Waals surface area contributed by atoms with Gasteiger partial charge in [-0.15, -0.1) is 5.92 Å².